The summed E-state index contributed by atoms with van der Waals surface area (Å²) < 4.78 is 5.49. The molecule has 1 aliphatic rings. The fraction of sp³-hybridized carbons (Fsp3) is 0.250. The first-order chi connectivity index (χ1) is 6.83. The molecular formula is C12H12O2. The first-order valence-corrected chi connectivity index (χ1v) is 4.70. The van der Waals surface area contributed by atoms with Crippen LogP contribution in [0.25, 0.3) is 0 Å². The summed E-state index contributed by atoms with van der Waals surface area (Å²) in [4.78, 5) is 11.9. The molecule has 0 aromatic heterocycles. The molecule has 1 aromatic rings. The van der Waals surface area contributed by atoms with Crippen LogP contribution in [0.5, 0.6) is 5.75 Å². The first-order valence-electron chi connectivity index (χ1n) is 4.70. The number of benzene rings is 1. The normalized spacial score (nSPS) is 19.7. The van der Waals surface area contributed by atoms with Crippen LogP contribution in [0.3, 0.4) is 0 Å². The predicted molar refractivity (Wildman–Crippen MR) is 54.6 cm³/mol. The van der Waals surface area contributed by atoms with Gasteiger partial charge >= 0.3 is 0 Å². The summed E-state index contributed by atoms with van der Waals surface area (Å²) in [7, 11) is 0. The fourth-order valence-electron chi connectivity index (χ4n) is 1.66. The Morgan fingerprint density at radius 1 is 1.50 bits per heavy atom. The molecule has 0 N–H and O–H groups in total. The number of carbonyl (C=O) groups excluding carboxylic acids is 1. The molecule has 0 bridgehead atoms. The van der Waals surface area contributed by atoms with Crippen molar-refractivity contribution in [1.82, 2.24) is 0 Å². The van der Waals surface area contributed by atoms with Gasteiger partial charge in [0, 0.05) is 0 Å². The van der Waals surface area contributed by atoms with Gasteiger partial charge in [-0.05, 0) is 18.6 Å². The minimum atomic E-state index is -0.0533. The zero-order chi connectivity index (χ0) is 9.97. The largest absolute Gasteiger partial charge is 0.492 e. The smallest absolute Gasteiger partial charge is 0.173 e. The molecule has 1 unspecified atom stereocenters. The quantitative estimate of drug-likeness (QED) is 0.666. The maximum atomic E-state index is 11.9. The van der Waals surface area contributed by atoms with Crippen LogP contribution in [0.1, 0.15) is 16.8 Å². The van der Waals surface area contributed by atoms with Crippen LogP contribution in [-0.4, -0.2) is 12.4 Å². The number of hydrogen-bond acceptors (Lipinski definition) is 2. The Morgan fingerprint density at radius 3 is 3.07 bits per heavy atom. The predicted octanol–water partition coefficient (Wildman–Crippen LogP) is 2.45. The molecule has 1 aromatic carbocycles. The third-order valence-corrected chi connectivity index (χ3v) is 2.41. The standard InChI is InChI=1S/C12H12O2/c1-2-5-9-8-14-11-7-4-3-6-10(11)12(9)13/h2-4,6-7,9H,1,5,8H2. The molecule has 1 heterocycles. The Kier molecular flexibility index (Phi) is 2.35. The van der Waals surface area contributed by atoms with E-state index in [1.54, 1.807) is 6.08 Å². The number of allylic oxidation sites excluding steroid dienone is 1. The Balaban J connectivity index is 2.31. The lowest BCUT2D eigenvalue weighted by molar-refractivity contribution is 0.0833. The maximum absolute atomic E-state index is 11.9. The van der Waals surface area contributed by atoms with E-state index in [0.29, 0.717) is 24.3 Å². The van der Waals surface area contributed by atoms with Crippen molar-refractivity contribution < 1.29 is 9.53 Å². The second-order valence-electron chi connectivity index (χ2n) is 3.39. The highest BCUT2D eigenvalue weighted by molar-refractivity contribution is 6.01. The third-order valence-electron chi connectivity index (χ3n) is 2.41. The van der Waals surface area contributed by atoms with Crippen LogP contribution in [-0.2, 0) is 0 Å². The number of ether oxygens (including phenoxy) is 1. The number of carbonyl (C=O) groups is 1. The van der Waals surface area contributed by atoms with Crippen LogP contribution in [0.15, 0.2) is 36.9 Å². The molecule has 14 heavy (non-hydrogen) atoms. The second-order valence-corrected chi connectivity index (χ2v) is 3.39. The van der Waals surface area contributed by atoms with Crippen molar-refractivity contribution in [2.45, 2.75) is 6.42 Å². The minimum Gasteiger partial charge on any atom is -0.492 e. The summed E-state index contributed by atoms with van der Waals surface area (Å²) in [6, 6.07) is 7.38. The van der Waals surface area contributed by atoms with E-state index in [1.807, 2.05) is 24.3 Å². The van der Waals surface area contributed by atoms with Gasteiger partial charge in [-0.25, -0.2) is 0 Å². The van der Waals surface area contributed by atoms with E-state index >= 15 is 0 Å². The molecule has 72 valence electrons. The monoisotopic (exact) mass is 188 g/mol. The van der Waals surface area contributed by atoms with Crippen LogP contribution < -0.4 is 4.74 Å². The number of rotatable bonds is 2. The fourth-order valence-corrected chi connectivity index (χ4v) is 1.66. The van der Waals surface area contributed by atoms with Gasteiger partial charge in [0.15, 0.2) is 5.78 Å². The summed E-state index contributed by atoms with van der Waals surface area (Å²) in [5.74, 6) is 0.826. The molecule has 1 atom stereocenters. The van der Waals surface area contributed by atoms with Gasteiger partial charge in [0.1, 0.15) is 5.75 Å². The van der Waals surface area contributed by atoms with Gasteiger partial charge in [-0.1, -0.05) is 18.2 Å². The molecule has 0 amide bonds. The highest BCUT2D eigenvalue weighted by Crippen LogP contribution is 2.28. The molecule has 2 rings (SSSR count). The lowest BCUT2D eigenvalue weighted by Crippen LogP contribution is -2.27. The van der Waals surface area contributed by atoms with Crippen molar-refractivity contribution in [3.05, 3.63) is 42.5 Å². The van der Waals surface area contributed by atoms with Gasteiger partial charge in [0.25, 0.3) is 0 Å². The SMILES string of the molecule is C=CCC1COc2ccccc2C1=O. The number of fused-ring (bicyclic) bond motifs is 1. The summed E-state index contributed by atoms with van der Waals surface area (Å²) in [5, 5.41) is 0. The number of ketones is 1. The van der Waals surface area contributed by atoms with E-state index in [1.165, 1.54) is 0 Å². The second kappa shape index (κ2) is 3.66. The van der Waals surface area contributed by atoms with Crippen LogP contribution in [0, 0.1) is 5.92 Å². The van der Waals surface area contributed by atoms with Gasteiger partial charge in [-0.3, -0.25) is 4.79 Å². The molecule has 2 heteroatoms. The van der Waals surface area contributed by atoms with Gasteiger partial charge in [-0.15, -0.1) is 6.58 Å². The van der Waals surface area contributed by atoms with Crippen LogP contribution in [0.4, 0.5) is 0 Å². The van der Waals surface area contributed by atoms with Gasteiger partial charge in [-0.2, -0.15) is 0 Å². The van der Waals surface area contributed by atoms with E-state index in [4.69, 9.17) is 4.74 Å². The molecule has 0 saturated heterocycles. The average Bonchev–Trinajstić information content (AvgIpc) is 2.23. The van der Waals surface area contributed by atoms with E-state index in [2.05, 4.69) is 6.58 Å². The van der Waals surface area contributed by atoms with E-state index < -0.39 is 0 Å². The van der Waals surface area contributed by atoms with Gasteiger partial charge < -0.3 is 4.74 Å². The molecule has 1 aliphatic heterocycles. The Bertz CT molecular complexity index is 368. The van der Waals surface area contributed by atoms with Crippen molar-refractivity contribution in [1.29, 1.82) is 0 Å². The van der Waals surface area contributed by atoms with Gasteiger partial charge in [0.2, 0.25) is 0 Å². The average molecular weight is 188 g/mol. The van der Waals surface area contributed by atoms with Crippen molar-refractivity contribution >= 4 is 5.78 Å². The first kappa shape index (κ1) is 9.00. The van der Waals surface area contributed by atoms with E-state index in [-0.39, 0.29) is 11.7 Å². The van der Waals surface area contributed by atoms with Crippen LogP contribution in [0.2, 0.25) is 0 Å². The third kappa shape index (κ3) is 1.43. The van der Waals surface area contributed by atoms with E-state index in [0.717, 1.165) is 0 Å². The topological polar surface area (TPSA) is 26.3 Å². The lowest BCUT2D eigenvalue weighted by Gasteiger charge is -2.22. The summed E-state index contributed by atoms with van der Waals surface area (Å²) in [6.07, 6.45) is 2.45. The highest BCUT2D eigenvalue weighted by atomic mass is 16.5. The number of para-hydroxylation sites is 1. The zero-order valence-electron chi connectivity index (χ0n) is 7.90. The number of hydrogen-bond donors (Lipinski definition) is 0. The molecule has 0 fully saturated rings. The molecular weight excluding hydrogens is 176 g/mol. The van der Waals surface area contributed by atoms with Gasteiger partial charge in [0.05, 0.1) is 18.1 Å². The Labute approximate surface area is 83.2 Å². The van der Waals surface area contributed by atoms with Crippen molar-refractivity contribution in [3.8, 4) is 5.75 Å². The van der Waals surface area contributed by atoms with E-state index in [9.17, 15) is 4.79 Å². The molecule has 0 spiro atoms. The molecule has 2 nitrogen and oxygen atoms in total. The van der Waals surface area contributed by atoms with Crippen molar-refractivity contribution in [3.63, 3.8) is 0 Å². The number of Topliss-reactive ketones (excluding diaryl/α,β-unsaturated/α-hetero) is 1. The minimum absolute atomic E-state index is 0.0533. The zero-order valence-corrected chi connectivity index (χ0v) is 7.90. The summed E-state index contributed by atoms with van der Waals surface area (Å²) >= 11 is 0. The lowest BCUT2D eigenvalue weighted by atomic mass is 9.93. The molecule has 0 radical (unpaired) electrons. The van der Waals surface area contributed by atoms with Crippen molar-refractivity contribution in [2.24, 2.45) is 5.92 Å². The highest BCUT2D eigenvalue weighted by Gasteiger charge is 2.26. The Morgan fingerprint density at radius 2 is 2.29 bits per heavy atom. The summed E-state index contributed by atoms with van der Waals surface area (Å²) in [5.41, 5.74) is 0.700. The van der Waals surface area contributed by atoms with Crippen molar-refractivity contribution in [2.75, 3.05) is 6.61 Å². The molecule has 0 saturated carbocycles. The van der Waals surface area contributed by atoms with Crippen LogP contribution >= 0.6 is 0 Å². The Hall–Kier alpha value is -1.57. The summed E-state index contributed by atoms with van der Waals surface area (Å²) in [6.45, 7) is 4.11. The molecule has 0 aliphatic carbocycles. The maximum Gasteiger partial charge on any atom is 0.173 e.